The highest BCUT2D eigenvalue weighted by molar-refractivity contribution is 9.10. The van der Waals surface area contributed by atoms with E-state index in [2.05, 4.69) is 28.2 Å². The van der Waals surface area contributed by atoms with Gasteiger partial charge in [-0.3, -0.25) is 0 Å². The maximum absolute atomic E-state index is 13.0. The van der Waals surface area contributed by atoms with E-state index in [0.717, 1.165) is 22.9 Å². The fourth-order valence-electron chi connectivity index (χ4n) is 1.86. The Bertz CT molecular complexity index is 359. The van der Waals surface area contributed by atoms with Crippen molar-refractivity contribution in [2.75, 3.05) is 6.61 Å². The van der Waals surface area contributed by atoms with E-state index in [-0.39, 0.29) is 24.5 Å². The smallest absolute Gasteiger partial charge is 0.124 e. The summed E-state index contributed by atoms with van der Waals surface area (Å²) < 4.78 is 13.8. The minimum absolute atomic E-state index is 0.126. The highest BCUT2D eigenvalue weighted by Crippen LogP contribution is 2.24. The van der Waals surface area contributed by atoms with E-state index in [0.29, 0.717) is 0 Å². The highest BCUT2D eigenvalue weighted by atomic mass is 79.9. The molecule has 96 valence electrons. The maximum Gasteiger partial charge on any atom is 0.124 e. The number of nitrogens with one attached hydrogen (secondary N) is 1. The molecule has 1 rings (SSSR count). The van der Waals surface area contributed by atoms with E-state index in [1.54, 1.807) is 6.07 Å². The van der Waals surface area contributed by atoms with Gasteiger partial charge in [-0.05, 0) is 37.5 Å². The first-order chi connectivity index (χ1) is 8.08. The monoisotopic (exact) mass is 303 g/mol. The first-order valence-corrected chi connectivity index (χ1v) is 6.69. The molecule has 0 spiro atoms. The lowest BCUT2D eigenvalue weighted by Gasteiger charge is -2.22. The lowest BCUT2D eigenvalue weighted by atomic mass is 10.1. The van der Waals surface area contributed by atoms with E-state index < -0.39 is 0 Å². The number of aliphatic hydroxyl groups excluding tert-OH is 1. The van der Waals surface area contributed by atoms with Gasteiger partial charge in [-0.15, -0.1) is 0 Å². The van der Waals surface area contributed by atoms with Crippen molar-refractivity contribution in [3.8, 4) is 0 Å². The van der Waals surface area contributed by atoms with Crippen LogP contribution in [0.15, 0.2) is 22.7 Å². The van der Waals surface area contributed by atoms with Crippen LogP contribution in [-0.2, 0) is 0 Å². The summed E-state index contributed by atoms with van der Waals surface area (Å²) in [7, 11) is 0. The number of aliphatic hydroxyl groups is 1. The van der Waals surface area contributed by atoms with E-state index in [1.807, 2.05) is 6.92 Å². The molecule has 17 heavy (non-hydrogen) atoms. The minimum atomic E-state index is -0.241. The van der Waals surface area contributed by atoms with Gasteiger partial charge in [-0.1, -0.05) is 28.9 Å². The Labute approximate surface area is 110 Å². The predicted molar refractivity (Wildman–Crippen MR) is 71.4 cm³/mol. The molecule has 1 aromatic rings. The Morgan fingerprint density at radius 3 is 2.71 bits per heavy atom. The summed E-state index contributed by atoms with van der Waals surface area (Å²) in [6.45, 7) is 4.31. The van der Waals surface area contributed by atoms with Crippen molar-refractivity contribution in [3.05, 3.63) is 34.1 Å². The van der Waals surface area contributed by atoms with Gasteiger partial charge in [0.2, 0.25) is 0 Å². The normalized spacial score (nSPS) is 14.6. The van der Waals surface area contributed by atoms with Crippen molar-refractivity contribution < 1.29 is 9.50 Å². The second-order valence-electron chi connectivity index (χ2n) is 4.17. The van der Waals surface area contributed by atoms with Crippen LogP contribution in [0, 0.1) is 5.82 Å². The molecular formula is C13H19BrFNO. The molecule has 0 radical (unpaired) electrons. The van der Waals surface area contributed by atoms with Crippen molar-refractivity contribution in [1.82, 2.24) is 5.32 Å². The van der Waals surface area contributed by atoms with Crippen LogP contribution in [0.3, 0.4) is 0 Å². The standard InChI is InChI=1S/C13H19BrFNO/c1-3-11(6-7-17)16-9(2)12-5-4-10(15)8-13(12)14/h4-5,8-9,11,16-17H,3,6-7H2,1-2H3. The second-order valence-corrected chi connectivity index (χ2v) is 5.03. The summed E-state index contributed by atoms with van der Waals surface area (Å²) in [5.41, 5.74) is 1.03. The maximum atomic E-state index is 13.0. The summed E-state index contributed by atoms with van der Waals surface area (Å²) in [5, 5.41) is 12.4. The number of rotatable bonds is 6. The number of hydrogen-bond acceptors (Lipinski definition) is 2. The number of hydrogen-bond donors (Lipinski definition) is 2. The van der Waals surface area contributed by atoms with Crippen molar-refractivity contribution in [3.63, 3.8) is 0 Å². The van der Waals surface area contributed by atoms with Gasteiger partial charge in [0.1, 0.15) is 5.82 Å². The third-order valence-electron chi connectivity index (χ3n) is 2.89. The molecule has 0 fully saturated rings. The van der Waals surface area contributed by atoms with Gasteiger partial charge in [-0.25, -0.2) is 4.39 Å². The molecule has 0 aromatic heterocycles. The zero-order valence-electron chi connectivity index (χ0n) is 10.2. The van der Waals surface area contributed by atoms with Gasteiger partial charge in [0.05, 0.1) is 0 Å². The summed E-state index contributed by atoms with van der Waals surface area (Å²) in [6, 6.07) is 5.13. The molecule has 0 aliphatic rings. The van der Waals surface area contributed by atoms with Crippen LogP contribution < -0.4 is 5.32 Å². The predicted octanol–water partition coefficient (Wildman–Crippen LogP) is 3.40. The van der Waals surface area contributed by atoms with Crippen LogP contribution in [0.4, 0.5) is 4.39 Å². The zero-order chi connectivity index (χ0) is 12.8. The minimum Gasteiger partial charge on any atom is -0.396 e. The van der Waals surface area contributed by atoms with Crippen LogP contribution in [0.2, 0.25) is 0 Å². The van der Waals surface area contributed by atoms with Gasteiger partial charge in [0.15, 0.2) is 0 Å². The van der Waals surface area contributed by atoms with Crippen molar-refractivity contribution in [2.24, 2.45) is 0 Å². The SMILES string of the molecule is CCC(CCO)NC(C)c1ccc(F)cc1Br. The molecule has 4 heteroatoms. The molecular weight excluding hydrogens is 285 g/mol. The topological polar surface area (TPSA) is 32.3 Å². The van der Waals surface area contributed by atoms with Crippen molar-refractivity contribution >= 4 is 15.9 Å². The Hall–Kier alpha value is -0.450. The summed E-state index contributed by atoms with van der Waals surface area (Å²) >= 11 is 3.37. The largest absolute Gasteiger partial charge is 0.396 e. The molecule has 2 nitrogen and oxygen atoms in total. The number of halogens is 2. The molecule has 0 aliphatic heterocycles. The molecule has 0 heterocycles. The molecule has 0 amide bonds. The third-order valence-corrected chi connectivity index (χ3v) is 3.57. The average molecular weight is 304 g/mol. The van der Waals surface area contributed by atoms with Crippen LogP contribution >= 0.6 is 15.9 Å². The molecule has 0 bridgehead atoms. The summed E-state index contributed by atoms with van der Waals surface area (Å²) in [6.07, 6.45) is 1.70. The molecule has 2 unspecified atom stereocenters. The summed E-state index contributed by atoms with van der Waals surface area (Å²) in [5.74, 6) is -0.241. The van der Waals surface area contributed by atoms with Gasteiger partial charge in [-0.2, -0.15) is 0 Å². The fourth-order valence-corrected chi connectivity index (χ4v) is 2.55. The van der Waals surface area contributed by atoms with E-state index in [4.69, 9.17) is 5.11 Å². The lowest BCUT2D eigenvalue weighted by molar-refractivity contribution is 0.257. The first kappa shape index (κ1) is 14.6. The zero-order valence-corrected chi connectivity index (χ0v) is 11.8. The third kappa shape index (κ3) is 4.37. The quantitative estimate of drug-likeness (QED) is 0.844. The average Bonchev–Trinajstić information content (AvgIpc) is 2.28. The summed E-state index contributed by atoms with van der Waals surface area (Å²) in [4.78, 5) is 0. The van der Waals surface area contributed by atoms with Gasteiger partial charge >= 0.3 is 0 Å². The van der Waals surface area contributed by atoms with Gasteiger partial charge in [0.25, 0.3) is 0 Å². The van der Waals surface area contributed by atoms with Crippen LogP contribution in [0.25, 0.3) is 0 Å². The molecule has 2 atom stereocenters. The lowest BCUT2D eigenvalue weighted by Crippen LogP contribution is -2.32. The van der Waals surface area contributed by atoms with Gasteiger partial charge in [0, 0.05) is 23.2 Å². The second kappa shape index (κ2) is 7.09. The van der Waals surface area contributed by atoms with Crippen LogP contribution in [0.1, 0.15) is 38.3 Å². The Balaban J connectivity index is 2.71. The fraction of sp³-hybridized carbons (Fsp3) is 0.538. The van der Waals surface area contributed by atoms with Crippen molar-refractivity contribution in [2.45, 2.75) is 38.8 Å². The molecule has 1 aromatic carbocycles. The first-order valence-electron chi connectivity index (χ1n) is 5.90. The van der Waals surface area contributed by atoms with Gasteiger partial charge < -0.3 is 10.4 Å². The molecule has 0 saturated carbocycles. The van der Waals surface area contributed by atoms with E-state index >= 15 is 0 Å². The molecule has 2 N–H and O–H groups in total. The Morgan fingerprint density at radius 2 is 2.18 bits per heavy atom. The molecule has 0 saturated heterocycles. The van der Waals surface area contributed by atoms with E-state index in [1.165, 1.54) is 12.1 Å². The molecule has 0 aliphatic carbocycles. The van der Waals surface area contributed by atoms with Crippen LogP contribution in [0.5, 0.6) is 0 Å². The Morgan fingerprint density at radius 1 is 1.47 bits per heavy atom. The highest BCUT2D eigenvalue weighted by Gasteiger charge is 2.14. The van der Waals surface area contributed by atoms with Crippen molar-refractivity contribution in [1.29, 1.82) is 0 Å². The Kier molecular flexibility index (Phi) is 6.09. The number of benzene rings is 1. The van der Waals surface area contributed by atoms with Crippen LogP contribution in [-0.4, -0.2) is 17.8 Å². The van der Waals surface area contributed by atoms with E-state index in [9.17, 15) is 4.39 Å².